The molecule has 108 valence electrons. The van der Waals surface area contributed by atoms with E-state index in [1.165, 1.54) is 30.2 Å². The molecule has 0 atom stereocenters. The van der Waals surface area contributed by atoms with Gasteiger partial charge >= 0.3 is 0 Å². The van der Waals surface area contributed by atoms with Crippen molar-refractivity contribution in [3.8, 4) is 0 Å². The van der Waals surface area contributed by atoms with Gasteiger partial charge in [-0.05, 0) is 60.9 Å². The van der Waals surface area contributed by atoms with Gasteiger partial charge in [0, 0.05) is 6.26 Å². The maximum absolute atomic E-state index is 11.5. The molecule has 0 heterocycles. The molecule has 0 aliphatic heterocycles. The van der Waals surface area contributed by atoms with Crippen LogP contribution in [0.1, 0.15) is 44.6 Å². The van der Waals surface area contributed by atoms with Gasteiger partial charge in [0.2, 0.25) is 0 Å². The van der Waals surface area contributed by atoms with E-state index < -0.39 is 9.84 Å². The molecule has 0 aromatic heterocycles. The minimum atomic E-state index is -3.11. The molecule has 3 heteroatoms. The molecule has 20 heavy (non-hydrogen) atoms. The summed E-state index contributed by atoms with van der Waals surface area (Å²) in [6.45, 7) is 2.14. The zero-order valence-corrected chi connectivity index (χ0v) is 13.0. The van der Waals surface area contributed by atoms with Crippen LogP contribution >= 0.6 is 0 Å². The van der Waals surface area contributed by atoms with E-state index in [-0.39, 0.29) is 0 Å². The van der Waals surface area contributed by atoms with Gasteiger partial charge in [0.1, 0.15) is 0 Å². The molecule has 0 N–H and O–H groups in total. The summed E-state index contributed by atoms with van der Waals surface area (Å²) in [6, 6.07) is 7.31. The zero-order chi connectivity index (χ0) is 14.6. The Morgan fingerprint density at radius 1 is 1.10 bits per heavy atom. The van der Waals surface area contributed by atoms with E-state index >= 15 is 0 Å². The van der Waals surface area contributed by atoms with E-state index in [4.69, 9.17) is 0 Å². The smallest absolute Gasteiger partial charge is 0.175 e. The number of sulfone groups is 1. The average Bonchev–Trinajstić information content (AvgIpc) is 2.45. The van der Waals surface area contributed by atoms with Crippen molar-refractivity contribution in [2.75, 3.05) is 6.26 Å². The molecular weight excluding hydrogens is 268 g/mol. The van der Waals surface area contributed by atoms with Gasteiger partial charge in [-0.15, -0.1) is 0 Å². The van der Waals surface area contributed by atoms with Crippen LogP contribution in [0.2, 0.25) is 0 Å². The zero-order valence-electron chi connectivity index (χ0n) is 12.2. The Morgan fingerprint density at radius 2 is 1.75 bits per heavy atom. The fourth-order valence-corrected chi connectivity index (χ4v) is 3.24. The first-order valence-electron chi connectivity index (χ1n) is 7.21. The summed E-state index contributed by atoms with van der Waals surface area (Å²) in [5.74, 6) is 0. The van der Waals surface area contributed by atoms with E-state index in [2.05, 4.69) is 19.1 Å². The summed E-state index contributed by atoms with van der Waals surface area (Å²) in [6.07, 6.45) is 11.4. The fraction of sp³-hybridized carbons (Fsp3) is 0.412. The lowest BCUT2D eigenvalue weighted by Crippen LogP contribution is -2.00. The molecule has 1 aliphatic carbocycles. The molecule has 2 rings (SSSR count). The second-order valence-corrected chi connectivity index (χ2v) is 7.33. The Morgan fingerprint density at radius 3 is 2.35 bits per heavy atom. The predicted octanol–water partition coefficient (Wildman–Crippen LogP) is 4.38. The monoisotopic (exact) mass is 290 g/mol. The standard InChI is InChI=1S/C17H22O2S/c1-3-4-7-14-8-5-6-9-17(14)15-10-12-16(13-11-15)20(2,18)19/h4,7,10-13H,3,5-6,8-9H2,1-2H3/b7-4+. The fourth-order valence-electron chi connectivity index (χ4n) is 2.61. The molecule has 0 spiro atoms. The highest BCUT2D eigenvalue weighted by Crippen LogP contribution is 2.33. The van der Waals surface area contributed by atoms with Crippen molar-refractivity contribution >= 4 is 15.4 Å². The quantitative estimate of drug-likeness (QED) is 0.824. The first kappa shape index (κ1) is 15.0. The van der Waals surface area contributed by atoms with E-state index in [9.17, 15) is 8.42 Å². The summed E-state index contributed by atoms with van der Waals surface area (Å²) in [5, 5.41) is 0. The van der Waals surface area contributed by atoms with Gasteiger partial charge in [0.05, 0.1) is 4.90 Å². The lowest BCUT2D eigenvalue weighted by Gasteiger charge is -2.19. The van der Waals surface area contributed by atoms with Gasteiger partial charge < -0.3 is 0 Å². The van der Waals surface area contributed by atoms with Crippen LogP contribution in [0.15, 0.2) is 46.9 Å². The van der Waals surface area contributed by atoms with Crippen molar-refractivity contribution in [2.24, 2.45) is 0 Å². The summed E-state index contributed by atoms with van der Waals surface area (Å²) < 4.78 is 23.0. The van der Waals surface area contributed by atoms with Crippen molar-refractivity contribution < 1.29 is 8.42 Å². The van der Waals surface area contributed by atoms with Crippen molar-refractivity contribution in [3.05, 3.63) is 47.6 Å². The first-order chi connectivity index (χ1) is 9.52. The topological polar surface area (TPSA) is 34.1 Å². The largest absolute Gasteiger partial charge is 0.224 e. The van der Waals surface area contributed by atoms with Crippen LogP contribution in [0.5, 0.6) is 0 Å². The van der Waals surface area contributed by atoms with Crippen LogP contribution in [-0.4, -0.2) is 14.7 Å². The Hall–Kier alpha value is -1.35. The molecule has 2 nitrogen and oxygen atoms in total. The Balaban J connectivity index is 2.37. The molecule has 1 aromatic rings. The predicted molar refractivity (Wildman–Crippen MR) is 84.4 cm³/mol. The maximum Gasteiger partial charge on any atom is 0.175 e. The summed E-state index contributed by atoms with van der Waals surface area (Å²) >= 11 is 0. The van der Waals surface area contributed by atoms with E-state index in [1.807, 2.05) is 12.1 Å². The number of hydrogen-bond donors (Lipinski definition) is 0. The molecule has 0 radical (unpaired) electrons. The molecule has 0 bridgehead atoms. The summed E-state index contributed by atoms with van der Waals surface area (Å²) in [7, 11) is -3.11. The van der Waals surface area contributed by atoms with Crippen LogP contribution in [0.3, 0.4) is 0 Å². The third kappa shape index (κ3) is 3.60. The van der Waals surface area contributed by atoms with Crippen LogP contribution in [0, 0.1) is 0 Å². The third-order valence-corrected chi connectivity index (χ3v) is 4.82. The number of rotatable bonds is 4. The van der Waals surface area contributed by atoms with Crippen molar-refractivity contribution in [1.29, 1.82) is 0 Å². The van der Waals surface area contributed by atoms with Crippen molar-refractivity contribution in [3.63, 3.8) is 0 Å². The van der Waals surface area contributed by atoms with Crippen molar-refractivity contribution in [2.45, 2.75) is 43.9 Å². The SMILES string of the molecule is CC/C=C/C1=C(c2ccc(S(C)(=O)=O)cc2)CCCC1. The highest BCUT2D eigenvalue weighted by molar-refractivity contribution is 7.90. The molecule has 0 amide bonds. The lowest BCUT2D eigenvalue weighted by atomic mass is 9.87. The van der Waals surface area contributed by atoms with E-state index in [0.29, 0.717) is 4.90 Å². The normalized spacial score (nSPS) is 16.9. The molecular formula is C17H22O2S. The van der Waals surface area contributed by atoms with Crippen LogP contribution in [0.4, 0.5) is 0 Å². The molecule has 0 unspecified atom stereocenters. The molecule has 0 fully saturated rings. The Labute approximate surface area is 122 Å². The number of hydrogen-bond acceptors (Lipinski definition) is 2. The summed E-state index contributed by atoms with van der Waals surface area (Å²) in [5.41, 5.74) is 3.94. The Bertz CT molecular complexity index is 619. The Kier molecular flexibility index (Phi) is 4.81. The van der Waals surface area contributed by atoms with E-state index in [1.54, 1.807) is 12.1 Å². The molecule has 0 saturated heterocycles. The second-order valence-electron chi connectivity index (χ2n) is 5.32. The minimum absolute atomic E-state index is 0.392. The van der Waals surface area contributed by atoms with Gasteiger partial charge in [-0.3, -0.25) is 0 Å². The molecule has 0 saturated carbocycles. The number of benzene rings is 1. The van der Waals surface area contributed by atoms with Gasteiger partial charge in [-0.25, -0.2) is 8.42 Å². The highest BCUT2D eigenvalue weighted by atomic mass is 32.2. The second kappa shape index (κ2) is 6.40. The molecule has 1 aliphatic rings. The first-order valence-corrected chi connectivity index (χ1v) is 9.10. The lowest BCUT2D eigenvalue weighted by molar-refractivity contribution is 0.602. The minimum Gasteiger partial charge on any atom is -0.224 e. The molecule has 1 aromatic carbocycles. The van der Waals surface area contributed by atoms with Gasteiger partial charge in [0.15, 0.2) is 9.84 Å². The maximum atomic E-state index is 11.5. The van der Waals surface area contributed by atoms with Crippen LogP contribution in [0.25, 0.3) is 5.57 Å². The van der Waals surface area contributed by atoms with Gasteiger partial charge in [-0.1, -0.05) is 31.2 Å². The van der Waals surface area contributed by atoms with Crippen LogP contribution in [-0.2, 0) is 9.84 Å². The van der Waals surface area contributed by atoms with Crippen molar-refractivity contribution in [1.82, 2.24) is 0 Å². The number of allylic oxidation sites excluding steroid dienone is 4. The van der Waals surface area contributed by atoms with E-state index in [0.717, 1.165) is 24.8 Å². The highest BCUT2D eigenvalue weighted by Gasteiger charge is 2.13. The summed E-state index contributed by atoms with van der Waals surface area (Å²) in [4.78, 5) is 0.392. The average molecular weight is 290 g/mol. The van der Waals surface area contributed by atoms with Gasteiger partial charge in [0.25, 0.3) is 0 Å². The van der Waals surface area contributed by atoms with Crippen LogP contribution < -0.4 is 0 Å². The van der Waals surface area contributed by atoms with Gasteiger partial charge in [-0.2, -0.15) is 0 Å². The third-order valence-electron chi connectivity index (χ3n) is 3.70.